The van der Waals surface area contributed by atoms with Gasteiger partial charge in [0.1, 0.15) is 0 Å². The quantitative estimate of drug-likeness (QED) is 0.758. The topological polar surface area (TPSA) is 81.2 Å². The second-order valence-corrected chi connectivity index (χ2v) is 3.76. The SMILES string of the molecule is N.O=C1C=C(c2cccc(Cl)c2Cl)C(=O)N1. The second kappa shape index (κ2) is 4.65. The number of carbonyl (C=O) groups excluding carboxylic acids is 2. The number of imide groups is 1. The molecule has 6 heteroatoms. The Labute approximate surface area is 102 Å². The maximum absolute atomic E-state index is 11.3. The molecule has 0 fully saturated rings. The fourth-order valence-electron chi connectivity index (χ4n) is 1.32. The normalized spacial score (nSPS) is 14.2. The van der Waals surface area contributed by atoms with E-state index >= 15 is 0 Å². The highest BCUT2D eigenvalue weighted by molar-refractivity contribution is 6.45. The van der Waals surface area contributed by atoms with Crippen molar-refractivity contribution in [1.29, 1.82) is 0 Å². The van der Waals surface area contributed by atoms with Crippen LogP contribution in [0.1, 0.15) is 5.56 Å². The lowest BCUT2D eigenvalue weighted by Gasteiger charge is -2.04. The zero-order valence-electron chi connectivity index (χ0n) is 8.09. The molecule has 0 radical (unpaired) electrons. The molecule has 0 aromatic heterocycles. The average Bonchev–Trinajstić information content (AvgIpc) is 2.50. The number of halogens is 2. The second-order valence-electron chi connectivity index (χ2n) is 2.98. The van der Waals surface area contributed by atoms with Gasteiger partial charge in [-0.3, -0.25) is 14.9 Å². The van der Waals surface area contributed by atoms with E-state index in [9.17, 15) is 9.59 Å². The molecule has 1 aliphatic rings. The Kier molecular flexibility index (Phi) is 3.70. The zero-order chi connectivity index (χ0) is 11.0. The highest BCUT2D eigenvalue weighted by Gasteiger charge is 2.24. The van der Waals surface area contributed by atoms with Crippen LogP contribution in [0.5, 0.6) is 0 Å². The van der Waals surface area contributed by atoms with Crippen molar-refractivity contribution in [1.82, 2.24) is 11.5 Å². The Hall–Kier alpha value is -1.36. The van der Waals surface area contributed by atoms with Crippen LogP contribution in [0, 0.1) is 0 Å². The summed E-state index contributed by atoms with van der Waals surface area (Å²) in [4.78, 5) is 22.3. The number of nitrogens with one attached hydrogen (secondary N) is 1. The largest absolute Gasteiger partial charge is 0.344 e. The van der Waals surface area contributed by atoms with E-state index in [2.05, 4.69) is 5.32 Å². The van der Waals surface area contributed by atoms with Gasteiger partial charge in [-0.25, -0.2) is 0 Å². The van der Waals surface area contributed by atoms with Crippen LogP contribution in [0.15, 0.2) is 24.3 Å². The van der Waals surface area contributed by atoms with Crippen LogP contribution in [0.2, 0.25) is 10.0 Å². The Bertz CT molecular complexity index is 498. The van der Waals surface area contributed by atoms with E-state index in [0.717, 1.165) is 0 Å². The van der Waals surface area contributed by atoms with Crippen molar-refractivity contribution < 1.29 is 9.59 Å². The molecule has 0 atom stereocenters. The summed E-state index contributed by atoms with van der Waals surface area (Å²) in [6.07, 6.45) is 1.21. The third-order valence-corrected chi connectivity index (χ3v) is 2.82. The molecule has 2 rings (SSSR count). The van der Waals surface area contributed by atoms with Crippen molar-refractivity contribution in [2.24, 2.45) is 0 Å². The zero-order valence-corrected chi connectivity index (χ0v) is 9.60. The minimum Gasteiger partial charge on any atom is -0.344 e. The van der Waals surface area contributed by atoms with Crippen LogP contribution in [0.3, 0.4) is 0 Å². The molecule has 84 valence electrons. The first-order valence-corrected chi connectivity index (χ1v) is 4.86. The van der Waals surface area contributed by atoms with Crippen LogP contribution in [0.4, 0.5) is 0 Å². The first-order chi connectivity index (χ1) is 7.09. The third-order valence-electron chi connectivity index (χ3n) is 2.00. The monoisotopic (exact) mass is 258 g/mol. The molecule has 0 unspecified atom stereocenters. The maximum Gasteiger partial charge on any atom is 0.258 e. The molecule has 16 heavy (non-hydrogen) atoms. The molecule has 0 saturated heterocycles. The van der Waals surface area contributed by atoms with E-state index in [4.69, 9.17) is 23.2 Å². The summed E-state index contributed by atoms with van der Waals surface area (Å²) in [7, 11) is 0. The third kappa shape index (κ3) is 2.09. The van der Waals surface area contributed by atoms with Gasteiger partial charge in [-0.05, 0) is 6.07 Å². The molecule has 1 aromatic rings. The van der Waals surface area contributed by atoms with Gasteiger partial charge in [-0.2, -0.15) is 0 Å². The van der Waals surface area contributed by atoms with E-state index < -0.39 is 11.8 Å². The summed E-state index contributed by atoms with van der Waals surface area (Å²) in [5.74, 6) is -0.893. The number of hydrogen-bond donors (Lipinski definition) is 2. The van der Waals surface area contributed by atoms with Gasteiger partial charge in [-0.15, -0.1) is 0 Å². The molecule has 0 aliphatic carbocycles. The lowest BCUT2D eigenvalue weighted by molar-refractivity contribution is -0.123. The molecule has 4 nitrogen and oxygen atoms in total. The van der Waals surface area contributed by atoms with Gasteiger partial charge in [0, 0.05) is 11.6 Å². The fraction of sp³-hybridized carbons (Fsp3) is 0. The van der Waals surface area contributed by atoms with Crippen LogP contribution < -0.4 is 11.5 Å². The van der Waals surface area contributed by atoms with E-state index in [1.165, 1.54) is 6.08 Å². The molecule has 0 spiro atoms. The van der Waals surface area contributed by atoms with Crippen LogP contribution >= 0.6 is 23.2 Å². The predicted octanol–water partition coefficient (Wildman–Crippen LogP) is 2.20. The molecule has 1 aromatic carbocycles. The minimum atomic E-state index is -0.454. The van der Waals surface area contributed by atoms with E-state index in [-0.39, 0.29) is 16.7 Å². The lowest BCUT2D eigenvalue weighted by Crippen LogP contribution is -2.21. The molecular weight excluding hydrogens is 251 g/mol. The molecule has 1 aliphatic heterocycles. The smallest absolute Gasteiger partial charge is 0.258 e. The number of amides is 2. The summed E-state index contributed by atoms with van der Waals surface area (Å²) < 4.78 is 0. The predicted molar refractivity (Wildman–Crippen MR) is 62.6 cm³/mol. The van der Waals surface area contributed by atoms with Gasteiger partial charge >= 0.3 is 0 Å². The highest BCUT2D eigenvalue weighted by atomic mass is 35.5. The van der Waals surface area contributed by atoms with E-state index in [1.807, 2.05) is 0 Å². The van der Waals surface area contributed by atoms with Crippen molar-refractivity contribution in [3.63, 3.8) is 0 Å². The van der Waals surface area contributed by atoms with Gasteiger partial charge < -0.3 is 6.15 Å². The fourth-order valence-corrected chi connectivity index (χ4v) is 1.73. The van der Waals surface area contributed by atoms with Crippen molar-refractivity contribution in [3.8, 4) is 0 Å². The van der Waals surface area contributed by atoms with E-state index in [0.29, 0.717) is 10.6 Å². The van der Waals surface area contributed by atoms with Crippen molar-refractivity contribution in [3.05, 3.63) is 39.9 Å². The number of hydrogen-bond acceptors (Lipinski definition) is 3. The summed E-state index contributed by atoms with van der Waals surface area (Å²) in [5, 5.41) is 2.76. The van der Waals surface area contributed by atoms with Crippen molar-refractivity contribution >= 4 is 40.6 Å². The van der Waals surface area contributed by atoms with Crippen molar-refractivity contribution in [2.75, 3.05) is 0 Å². The van der Waals surface area contributed by atoms with Gasteiger partial charge in [-0.1, -0.05) is 35.3 Å². The number of carbonyl (C=O) groups is 2. The average molecular weight is 259 g/mol. The molecule has 1 heterocycles. The summed E-state index contributed by atoms with van der Waals surface area (Å²) in [6.45, 7) is 0. The minimum absolute atomic E-state index is 0. The Morgan fingerprint density at radius 2 is 1.81 bits per heavy atom. The van der Waals surface area contributed by atoms with Crippen LogP contribution in [0.25, 0.3) is 5.57 Å². The van der Waals surface area contributed by atoms with Gasteiger partial charge in [0.05, 0.1) is 15.6 Å². The Balaban J connectivity index is 0.00000128. The molecule has 0 bridgehead atoms. The van der Waals surface area contributed by atoms with Gasteiger partial charge in [0.25, 0.3) is 11.8 Å². The van der Waals surface area contributed by atoms with Gasteiger partial charge in [0.15, 0.2) is 0 Å². The van der Waals surface area contributed by atoms with Crippen LogP contribution in [-0.4, -0.2) is 11.8 Å². The molecule has 2 amide bonds. The molecular formula is C10H8Cl2N2O2. The highest BCUT2D eigenvalue weighted by Crippen LogP contribution is 2.31. The number of rotatable bonds is 1. The number of benzene rings is 1. The summed E-state index contributed by atoms with van der Waals surface area (Å²) >= 11 is 11.7. The van der Waals surface area contributed by atoms with Crippen molar-refractivity contribution in [2.45, 2.75) is 0 Å². The Morgan fingerprint density at radius 1 is 1.12 bits per heavy atom. The standard InChI is InChI=1S/C10H5Cl2NO2.H3N/c11-7-3-1-2-5(9(7)12)6-4-8(14)13-10(6)15;/h1-4H,(H,13,14,15);1H3. The molecule has 0 saturated carbocycles. The van der Waals surface area contributed by atoms with Gasteiger partial charge in [0.2, 0.25) is 0 Å². The Morgan fingerprint density at radius 3 is 2.38 bits per heavy atom. The summed E-state index contributed by atoms with van der Waals surface area (Å²) in [5.41, 5.74) is 0.708. The first-order valence-electron chi connectivity index (χ1n) is 4.11. The van der Waals surface area contributed by atoms with E-state index in [1.54, 1.807) is 18.2 Å². The van der Waals surface area contributed by atoms with Crippen LogP contribution in [-0.2, 0) is 9.59 Å². The molecule has 4 N–H and O–H groups in total. The lowest BCUT2D eigenvalue weighted by atomic mass is 10.1. The summed E-state index contributed by atoms with van der Waals surface area (Å²) in [6, 6.07) is 4.92. The first kappa shape index (κ1) is 12.7. The maximum atomic E-state index is 11.3.